The molecular weight excluding hydrogens is 176 g/mol. The van der Waals surface area contributed by atoms with Crippen LogP contribution in [0.3, 0.4) is 0 Å². The number of rotatable bonds is 1. The topological polar surface area (TPSA) is 49.0 Å². The molecule has 1 N–H and O–H groups in total. The lowest BCUT2D eigenvalue weighted by Crippen LogP contribution is -1.91. The number of para-hydroxylation sites is 1. The first-order chi connectivity index (χ1) is 6.79. The Morgan fingerprint density at radius 1 is 1.43 bits per heavy atom. The number of aromatic nitrogens is 1. The number of fused-ring (bicyclic) bond motifs is 1. The van der Waals surface area contributed by atoms with Gasteiger partial charge < -0.3 is 9.67 Å². The second kappa shape index (κ2) is 3.08. The molecular formula is C11H10N2O. The second-order valence-electron chi connectivity index (χ2n) is 3.07. The molecule has 0 aliphatic rings. The molecule has 14 heavy (non-hydrogen) atoms. The summed E-state index contributed by atoms with van der Waals surface area (Å²) in [6.45, 7) is 2.60. The Morgan fingerprint density at radius 2 is 2.14 bits per heavy atom. The Balaban J connectivity index is 2.94. The highest BCUT2D eigenvalue weighted by Crippen LogP contribution is 2.29. The molecule has 0 saturated heterocycles. The summed E-state index contributed by atoms with van der Waals surface area (Å²) in [5.74, 6) is 0.0659. The van der Waals surface area contributed by atoms with Crippen molar-refractivity contribution in [1.82, 2.24) is 4.57 Å². The molecule has 0 spiro atoms. The average molecular weight is 186 g/mol. The van der Waals surface area contributed by atoms with Gasteiger partial charge in [0.05, 0.1) is 5.52 Å². The van der Waals surface area contributed by atoms with Crippen LogP contribution in [0.25, 0.3) is 10.9 Å². The number of hydrogen-bond donors (Lipinski definition) is 1. The third-order valence-electron chi connectivity index (χ3n) is 2.37. The summed E-state index contributed by atoms with van der Waals surface area (Å²) in [5, 5.41) is 19.5. The molecule has 3 heteroatoms. The van der Waals surface area contributed by atoms with Crippen molar-refractivity contribution in [1.29, 1.82) is 5.26 Å². The number of benzene rings is 1. The van der Waals surface area contributed by atoms with Gasteiger partial charge in [0, 0.05) is 11.9 Å². The van der Waals surface area contributed by atoms with E-state index >= 15 is 0 Å². The first kappa shape index (κ1) is 8.64. The Morgan fingerprint density at radius 3 is 2.79 bits per heavy atom. The van der Waals surface area contributed by atoms with Crippen molar-refractivity contribution >= 4 is 10.9 Å². The van der Waals surface area contributed by atoms with E-state index in [9.17, 15) is 5.11 Å². The van der Waals surface area contributed by atoms with Crippen LogP contribution in [0.15, 0.2) is 24.3 Å². The monoisotopic (exact) mass is 186 g/mol. The minimum Gasteiger partial charge on any atom is -0.493 e. The summed E-state index contributed by atoms with van der Waals surface area (Å²) < 4.78 is 1.73. The number of aromatic hydroxyl groups is 1. The van der Waals surface area contributed by atoms with E-state index in [-0.39, 0.29) is 5.88 Å². The summed E-state index contributed by atoms with van der Waals surface area (Å²) in [4.78, 5) is 0. The SMILES string of the molecule is CCn1c(O)c(C#N)c2ccccc21. The zero-order valence-electron chi connectivity index (χ0n) is 7.86. The molecule has 3 nitrogen and oxygen atoms in total. The van der Waals surface area contributed by atoms with E-state index in [0.29, 0.717) is 12.1 Å². The molecule has 1 heterocycles. The van der Waals surface area contributed by atoms with Crippen LogP contribution in [0.2, 0.25) is 0 Å². The van der Waals surface area contributed by atoms with Gasteiger partial charge in [-0.3, -0.25) is 0 Å². The minimum atomic E-state index is 0.0659. The normalized spacial score (nSPS) is 10.3. The molecule has 0 bridgehead atoms. The number of hydrogen-bond acceptors (Lipinski definition) is 2. The van der Waals surface area contributed by atoms with Crippen LogP contribution in [0, 0.1) is 11.3 Å². The maximum atomic E-state index is 9.75. The Hall–Kier alpha value is -1.95. The van der Waals surface area contributed by atoms with E-state index in [1.807, 2.05) is 37.3 Å². The lowest BCUT2D eigenvalue weighted by molar-refractivity contribution is 0.424. The van der Waals surface area contributed by atoms with Crippen molar-refractivity contribution in [3.8, 4) is 11.9 Å². The van der Waals surface area contributed by atoms with Gasteiger partial charge in [0.2, 0.25) is 5.88 Å². The van der Waals surface area contributed by atoms with E-state index in [2.05, 4.69) is 0 Å². The molecule has 2 rings (SSSR count). The largest absolute Gasteiger partial charge is 0.493 e. The van der Waals surface area contributed by atoms with Crippen molar-refractivity contribution in [2.45, 2.75) is 13.5 Å². The standard InChI is InChI=1S/C11H10N2O/c1-2-13-10-6-4-3-5-8(10)9(7-12)11(13)14/h3-6,14H,2H2,1H3. The van der Waals surface area contributed by atoms with Gasteiger partial charge in [0.15, 0.2) is 0 Å². The second-order valence-corrected chi connectivity index (χ2v) is 3.07. The van der Waals surface area contributed by atoms with E-state index in [0.717, 1.165) is 10.9 Å². The third-order valence-corrected chi connectivity index (χ3v) is 2.37. The van der Waals surface area contributed by atoms with E-state index in [1.54, 1.807) is 4.57 Å². The molecule has 0 radical (unpaired) electrons. The van der Waals surface area contributed by atoms with Crippen LogP contribution >= 0.6 is 0 Å². The van der Waals surface area contributed by atoms with Gasteiger partial charge in [-0.25, -0.2) is 0 Å². The van der Waals surface area contributed by atoms with E-state index in [4.69, 9.17) is 5.26 Å². The highest BCUT2D eigenvalue weighted by Gasteiger charge is 2.13. The molecule has 0 saturated carbocycles. The molecule has 0 unspecified atom stereocenters. The van der Waals surface area contributed by atoms with Crippen LogP contribution in [0.5, 0.6) is 5.88 Å². The van der Waals surface area contributed by atoms with Gasteiger partial charge >= 0.3 is 0 Å². The first-order valence-corrected chi connectivity index (χ1v) is 4.50. The molecule has 0 aliphatic heterocycles. The Kier molecular flexibility index (Phi) is 1.90. The minimum absolute atomic E-state index is 0.0659. The fourth-order valence-corrected chi connectivity index (χ4v) is 1.72. The zero-order chi connectivity index (χ0) is 10.1. The Labute approximate surface area is 81.8 Å². The van der Waals surface area contributed by atoms with E-state index in [1.165, 1.54) is 0 Å². The van der Waals surface area contributed by atoms with Crippen molar-refractivity contribution in [3.63, 3.8) is 0 Å². The molecule has 1 aromatic carbocycles. The van der Waals surface area contributed by atoms with Gasteiger partial charge in [0.25, 0.3) is 0 Å². The van der Waals surface area contributed by atoms with E-state index < -0.39 is 0 Å². The summed E-state index contributed by atoms with van der Waals surface area (Å²) in [7, 11) is 0. The lowest BCUT2D eigenvalue weighted by atomic mass is 10.2. The fourth-order valence-electron chi connectivity index (χ4n) is 1.72. The molecule has 1 aromatic heterocycles. The predicted octanol–water partition coefficient (Wildman–Crippen LogP) is 2.24. The quantitative estimate of drug-likeness (QED) is 0.742. The fraction of sp³-hybridized carbons (Fsp3) is 0.182. The third kappa shape index (κ3) is 0.975. The molecule has 0 aliphatic carbocycles. The summed E-state index contributed by atoms with van der Waals surface area (Å²) in [5.41, 5.74) is 1.27. The van der Waals surface area contributed by atoms with Crippen LogP contribution in [-0.2, 0) is 6.54 Å². The van der Waals surface area contributed by atoms with Crippen LogP contribution in [0.1, 0.15) is 12.5 Å². The van der Waals surface area contributed by atoms with Gasteiger partial charge in [-0.2, -0.15) is 5.26 Å². The summed E-state index contributed by atoms with van der Waals surface area (Å²) in [6.07, 6.45) is 0. The molecule has 0 atom stereocenters. The van der Waals surface area contributed by atoms with Gasteiger partial charge in [0.1, 0.15) is 11.6 Å². The lowest BCUT2D eigenvalue weighted by Gasteiger charge is -2.00. The number of nitriles is 1. The molecule has 70 valence electrons. The van der Waals surface area contributed by atoms with Crippen LogP contribution < -0.4 is 0 Å². The maximum Gasteiger partial charge on any atom is 0.210 e. The first-order valence-electron chi connectivity index (χ1n) is 4.50. The highest BCUT2D eigenvalue weighted by atomic mass is 16.3. The summed E-state index contributed by atoms with van der Waals surface area (Å²) >= 11 is 0. The smallest absolute Gasteiger partial charge is 0.210 e. The van der Waals surface area contributed by atoms with Crippen LogP contribution in [0.4, 0.5) is 0 Å². The zero-order valence-corrected chi connectivity index (χ0v) is 7.86. The van der Waals surface area contributed by atoms with Crippen molar-refractivity contribution < 1.29 is 5.11 Å². The number of aryl methyl sites for hydroxylation is 1. The van der Waals surface area contributed by atoms with Gasteiger partial charge in [-0.1, -0.05) is 18.2 Å². The van der Waals surface area contributed by atoms with Gasteiger partial charge in [-0.15, -0.1) is 0 Å². The maximum absolute atomic E-state index is 9.75. The molecule has 0 amide bonds. The van der Waals surface area contributed by atoms with Gasteiger partial charge in [-0.05, 0) is 13.0 Å². The predicted molar refractivity (Wildman–Crippen MR) is 54.0 cm³/mol. The summed E-state index contributed by atoms with van der Waals surface area (Å²) in [6, 6.07) is 9.53. The highest BCUT2D eigenvalue weighted by molar-refractivity contribution is 5.89. The Bertz CT molecular complexity index is 520. The molecule has 0 fully saturated rings. The average Bonchev–Trinajstić information content (AvgIpc) is 2.49. The van der Waals surface area contributed by atoms with Crippen LogP contribution in [-0.4, -0.2) is 9.67 Å². The van der Waals surface area contributed by atoms with Crippen molar-refractivity contribution in [2.24, 2.45) is 0 Å². The van der Waals surface area contributed by atoms with Crippen molar-refractivity contribution in [3.05, 3.63) is 29.8 Å². The number of nitrogens with zero attached hydrogens (tertiary/aromatic N) is 2. The molecule has 2 aromatic rings. The van der Waals surface area contributed by atoms with Crippen molar-refractivity contribution in [2.75, 3.05) is 0 Å².